The molecule has 0 saturated carbocycles. The van der Waals surface area contributed by atoms with Crippen molar-refractivity contribution in [1.29, 1.82) is 0 Å². The molecule has 0 aromatic carbocycles. The zero-order chi connectivity index (χ0) is 13.5. The molecule has 0 spiro atoms. The number of hydrazine groups is 1. The molecule has 1 aromatic rings. The van der Waals surface area contributed by atoms with Gasteiger partial charge in [0.05, 0.1) is 6.42 Å². The van der Waals surface area contributed by atoms with Gasteiger partial charge in [0.25, 0.3) is 5.91 Å². The van der Waals surface area contributed by atoms with Crippen LogP contribution in [0.25, 0.3) is 0 Å². The maximum Gasteiger partial charge on any atom is 0.256 e. The van der Waals surface area contributed by atoms with E-state index in [1.807, 2.05) is 30.7 Å². The lowest BCUT2D eigenvalue weighted by atomic mass is 10.0. The van der Waals surface area contributed by atoms with Crippen LogP contribution in [0.5, 0.6) is 0 Å². The van der Waals surface area contributed by atoms with Crippen LogP contribution in [0.4, 0.5) is 0 Å². The van der Waals surface area contributed by atoms with Crippen molar-refractivity contribution >= 4 is 23.2 Å². The van der Waals surface area contributed by atoms with Crippen molar-refractivity contribution in [3.63, 3.8) is 0 Å². The molecule has 0 aliphatic carbocycles. The van der Waals surface area contributed by atoms with Crippen LogP contribution < -0.4 is 16.6 Å². The fourth-order valence-corrected chi connectivity index (χ4v) is 2.30. The summed E-state index contributed by atoms with van der Waals surface area (Å²) < 4.78 is 0. The maximum absolute atomic E-state index is 11.8. The summed E-state index contributed by atoms with van der Waals surface area (Å²) in [6.45, 7) is 3.98. The van der Waals surface area contributed by atoms with Crippen molar-refractivity contribution in [3.05, 3.63) is 22.4 Å². The minimum Gasteiger partial charge on any atom is -0.344 e. The zero-order valence-corrected chi connectivity index (χ0v) is 11.4. The van der Waals surface area contributed by atoms with E-state index in [4.69, 9.17) is 5.84 Å². The van der Waals surface area contributed by atoms with Gasteiger partial charge in [0, 0.05) is 0 Å². The number of carbonyl (C=O) groups excluding carboxylic acids is 2. The van der Waals surface area contributed by atoms with Crippen molar-refractivity contribution in [2.75, 3.05) is 0 Å². The molecule has 0 fully saturated rings. The molecular formula is C12H19N3O2S. The summed E-state index contributed by atoms with van der Waals surface area (Å²) in [6.07, 6.45) is 0.856. The second-order valence-electron chi connectivity index (χ2n) is 4.57. The fraction of sp³-hybridized carbons (Fsp3) is 0.500. The monoisotopic (exact) mass is 269 g/mol. The number of rotatable bonds is 6. The molecule has 1 heterocycles. The number of nitrogens with one attached hydrogen (secondary N) is 2. The molecule has 1 aromatic heterocycles. The van der Waals surface area contributed by atoms with Gasteiger partial charge in [0.2, 0.25) is 5.91 Å². The van der Waals surface area contributed by atoms with Crippen LogP contribution in [-0.2, 0) is 16.0 Å². The number of amides is 2. The van der Waals surface area contributed by atoms with Crippen molar-refractivity contribution < 1.29 is 9.59 Å². The number of hydrogen-bond acceptors (Lipinski definition) is 4. The van der Waals surface area contributed by atoms with Gasteiger partial charge in [-0.25, -0.2) is 5.84 Å². The highest BCUT2D eigenvalue weighted by Gasteiger charge is 2.21. The molecule has 4 N–H and O–H groups in total. The summed E-state index contributed by atoms with van der Waals surface area (Å²) >= 11 is 1.54. The van der Waals surface area contributed by atoms with Gasteiger partial charge in [0.15, 0.2) is 0 Å². The minimum atomic E-state index is -0.568. The minimum absolute atomic E-state index is 0.164. The largest absolute Gasteiger partial charge is 0.344 e. The Morgan fingerprint density at radius 1 is 1.44 bits per heavy atom. The zero-order valence-electron chi connectivity index (χ0n) is 10.6. The number of nitrogens with two attached hydrogens (primary N) is 1. The Hall–Kier alpha value is -1.40. The highest BCUT2D eigenvalue weighted by atomic mass is 32.1. The van der Waals surface area contributed by atoms with Gasteiger partial charge >= 0.3 is 0 Å². The van der Waals surface area contributed by atoms with Gasteiger partial charge in [-0.2, -0.15) is 11.3 Å². The average Bonchev–Trinajstić information content (AvgIpc) is 2.79. The Labute approximate surface area is 111 Å². The van der Waals surface area contributed by atoms with E-state index in [2.05, 4.69) is 10.7 Å². The molecule has 0 bridgehead atoms. The molecule has 0 aliphatic rings. The van der Waals surface area contributed by atoms with E-state index in [1.165, 1.54) is 0 Å². The lowest BCUT2D eigenvalue weighted by Crippen LogP contribution is -2.49. The average molecular weight is 269 g/mol. The van der Waals surface area contributed by atoms with Crippen molar-refractivity contribution in [2.24, 2.45) is 11.8 Å². The summed E-state index contributed by atoms with van der Waals surface area (Å²) in [6, 6.07) is 1.33. The van der Waals surface area contributed by atoms with Crippen LogP contribution in [0.15, 0.2) is 16.8 Å². The fourth-order valence-electron chi connectivity index (χ4n) is 1.63. The molecular weight excluding hydrogens is 250 g/mol. The van der Waals surface area contributed by atoms with Gasteiger partial charge in [-0.1, -0.05) is 13.8 Å². The first kappa shape index (κ1) is 14.7. The van der Waals surface area contributed by atoms with E-state index in [9.17, 15) is 9.59 Å². The van der Waals surface area contributed by atoms with E-state index in [0.29, 0.717) is 12.3 Å². The summed E-state index contributed by atoms with van der Waals surface area (Å²) in [7, 11) is 0. The first-order valence-corrected chi connectivity index (χ1v) is 6.78. The van der Waals surface area contributed by atoms with Gasteiger partial charge in [-0.15, -0.1) is 0 Å². The van der Waals surface area contributed by atoms with Crippen molar-refractivity contribution in [1.82, 2.24) is 10.7 Å². The molecule has 5 nitrogen and oxygen atoms in total. The Kier molecular flexibility index (Phi) is 5.80. The van der Waals surface area contributed by atoms with E-state index in [-0.39, 0.29) is 18.2 Å². The Morgan fingerprint density at radius 3 is 2.67 bits per heavy atom. The molecule has 18 heavy (non-hydrogen) atoms. The lowest BCUT2D eigenvalue weighted by Gasteiger charge is -2.18. The molecule has 0 unspecified atom stereocenters. The normalized spacial score (nSPS) is 12.2. The smallest absolute Gasteiger partial charge is 0.256 e. The Morgan fingerprint density at radius 2 is 2.17 bits per heavy atom. The number of carbonyl (C=O) groups is 2. The molecule has 1 atom stereocenters. The lowest BCUT2D eigenvalue weighted by molar-refractivity contribution is -0.129. The SMILES string of the molecule is CC(C)C[C@@H](NC(=O)Cc1ccsc1)C(=O)NN. The first-order chi connectivity index (χ1) is 8.52. The molecule has 0 radical (unpaired) electrons. The van der Waals surface area contributed by atoms with E-state index in [0.717, 1.165) is 5.56 Å². The van der Waals surface area contributed by atoms with Crippen LogP contribution in [-0.4, -0.2) is 17.9 Å². The molecule has 0 saturated heterocycles. The Bertz CT molecular complexity index is 390. The predicted octanol–water partition coefficient (Wildman–Crippen LogP) is 0.811. The summed E-state index contributed by atoms with van der Waals surface area (Å²) in [4.78, 5) is 23.3. The second kappa shape index (κ2) is 7.13. The van der Waals surface area contributed by atoms with E-state index >= 15 is 0 Å². The molecule has 100 valence electrons. The second-order valence-corrected chi connectivity index (χ2v) is 5.35. The molecule has 6 heteroatoms. The Balaban J connectivity index is 2.54. The highest BCUT2D eigenvalue weighted by Crippen LogP contribution is 2.08. The molecule has 0 aliphatic heterocycles. The quantitative estimate of drug-likeness (QED) is 0.406. The number of thiophene rings is 1. The summed E-state index contributed by atoms with van der Waals surface area (Å²) in [5, 5.41) is 6.55. The van der Waals surface area contributed by atoms with Crippen LogP contribution in [0.3, 0.4) is 0 Å². The third kappa shape index (κ3) is 4.85. The molecule has 2 amide bonds. The molecule has 1 rings (SSSR count). The topological polar surface area (TPSA) is 84.2 Å². The standard InChI is InChI=1S/C12H19N3O2S/c1-8(2)5-10(12(17)15-13)14-11(16)6-9-3-4-18-7-9/h3-4,7-8,10H,5-6,13H2,1-2H3,(H,14,16)(H,15,17)/t10-/m1/s1. The summed E-state index contributed by atoms with van der Waals surface area (Å²) in [5.41, 5.74) is 3.04. The maximum atomic E-state index is 11.8. The van der Waals surface area contributed by atoms with E-state index < -0.39 is 6.04 Å². The van der Waals surface area contributed by atoms with Gasteiger partial charge in [0.1, 0.15) is 6.04 Å². The van der Waals surface area contributed by atoms with Crippen LogP contribution in [0.1, 0.15) is 25.8 Å². The van der Waals surface area contributed by atoms with Crippen LogP contribution in [0.2, 0.25) is 0 Å². The number of hydrogen-bond donors (Lipinski definition) is 3. The third-order valence-corrected chi connectivity index (χ3v) is 3.18. The predicted molar refractivity (Wildman–Crippen MR) is 71.7 cm³/mol. The highest BCUT2D eigenvalue weighted by molar-refractivity contribution is 7.07. The first-order valence-electron chi connectivity index (χ1n) is 5.83. The van der Waals surface area contributed by atoms with Crippen molar-refractivity contribution in [3.8, 4) is 0 Å². The van der Waals surface area contributed by atoms with Gasteiger partial charge < -0.3 is 5.32 Å². The van der Waals surface area contributed by atoms with Gasteiger partial charge in [-0.05, 0) is 34.7 Å². The van der Waals surface area contributed by atoms with E-state index in [1.54, 1.807) is 11.3 Å². The van der Waals surface area contributed by atoms with Crippen LogP contribution >= 0.6 is 11.3 Å². The third-order valence-electron chi connectivity index (χ3n) is 2.45. The van der Waals surface area contributed by atoms with Gasteiger partial charge in [-0.3, -0.25) is 15.0 Å². The van der Waals surface area contributed by atoms with Crippen LogP contribution in [0, 0.1) is 5.92 Å². The van der Waals surface area contributed by atoms with Crippen molar-refractivity contribution in [2.45, 2.75) is 32.7 Å². The summed E-state index contributed by atoms with van der Waals surface area (Å²) in [5.74, 6) is 4.89.